The highest BCUT2D eigenvalue weighted by atomic mass is 32.1. The molecule has 1 N–H and O–H groups in total. The van der Waals surface area contributed by atoms with Gasteiger partial charge in [0.15, 0.2) is 6.61 Å². The molecule has 1 aromatic carbocycles. The van der Waals surface area contributed by atoms with Gasteiger partial charge in [0.25, 0.3) is 17.7 Å². The Morgan fingerprint density at radius 2 is 1.96 bits per heavy atom. The summed E-state index contributed by atoms with van der Waals surface area (Å²) in [5, 5.41) is 4.55. The second-order valence-electron chi connectivity index (χ2n) is 5.70. The summed E-state index contributed by atoms with van der Waals surface area (Å²) in [6, 6.07) is 7.88. The van der Waals surface area contributed by atoms with Gasteiger partial charge in [0.1, 0.15) is 0 Å². The van der Waals surface area contributed by atoms with Gasteiger partial charge in [-0.15, -0.1) is 17.9 Å². The predicted molar refractivity (Wildman–Crippen MR) is 98.5 cm³/mol. The lowest BCUT2D eigenvalue weighted by Gasteiger charge is -2.09. The van der Waals surface area contributed by atoms with Crippen LogP contribution in [0.3, 0.4) is 0 Å². The average Bonchev–Trinajstić information content (AvgIpc) is 3.27. The maximum absolute atomic E-state index is 12.3. The van der Waals surface area contributed by atoms with Crippen molar-refractivity contribution in [2.24, 2.45) is 0 Å². The van der Waals surface area contributed by atoms with E-state index in [1.54, 1.807) is 0 Å². The van der Waals surface area contributed by atoms with Gasteiger partial charge in [-0.1, -0.05) is 12.1 Å². The normalized spacial score (nSPS) is 12.7. The van der Waals surface area contributed by atoms with E-state index >= 15 is 0 Å². The Morgan fingerprint density at radius 3 is 2.67 bits per heavy atom. The van der Waals surface area contributed by atoms with Crippen molar-refractivity contribution in [3.8, 4) is 0 Å². The van der Waals surface area contributed by atoms with Crippen LogP contribution in [0.2, 0.25) is 0 Å². The molecule has 2 aromatic rings. The van der Waals surface area contributed by atoms with Crippen molar-refractivity contribution in [2.45, 2.75) is 6.54 Å². The number of nitrogens with one attached hydrogen (secondary N) is 1. The van der Waals surface area contributed by atoms with Gasteiger partial charge in [0, 0.05) is 11.4 Å². The van der Waals surface area contributed by atoms with Crippen molar-refractivity contribution in [1.29, 1.82) is 0 Å². The van der Waals surface area contributed by atoms with Crippen molar-refractivity contribution >= 4 is 35.0 Å². The number of hydrogen-bond acceptors (Lipinski definition) is 6. The van der Waals surface area contributed by atoms with Crippen molar-refractivity contribution < 1.29 is 23.9 Å². The number of amides is 3. The summed E-state index contributed by atoms with van der Waals surface area (Å²) >= 11 is 1.51. The number of ether oxygens (including phenoxy) is 1. The van der Waals surface area contributed by atoms with Gasteiger partial charge in [0.2, 0.25) is 0 Å². The van der Waals surface area contributed by atoms with Crippen molar-refractivity contribution in [1.82, 2.24) is 10.2 Å². The molecule has 0 unspecified atom stereocenters. The summed E-state index contributed by atoms with van der Waals surface area (Å²) in [4.78, 5) is 50.4. The van der Waals surface area contributed by atoms with Crippen molar-refractivity contribution in [3.63, 3.8) is 0 Å². The van der Waals surface area contributed by atoms with Crippen LogP contribution in [0, 0.1) is 0 Å². The molecule has 3 amide bonds. The van der Waals surface area contributed by atoms with Gasteiger partial charge in [-0.05, 0) is 29.6 Å². The topological polar surface area (TPSA) is 92.8 Å². The number of hydrogen-bond donors (Lipinski definition) is 1. The van der Waals surface area contributed by atoms with E-state index in [4.69, 9.17) is 4.74 Å². The minimum absolute atomic E-state index is 0.0938. The van der Waals surface area contributed by atoms with E-state index in [9.17, 15) is 19.2 Å². The summed E-state index contributed by atoms with van der Waals surface area (Å²) in [6.45, 7) is 3.54. The smallest absolute Gasteiger partial charge is 0.338 e. The third kappa shape index (κ3) is 3.95. The van der Waals surface area contributed by atoms with Crippen LogP contribution >= 0.6 is 11.3 Å². The Hall–Kier alpha value is -3.26. The highest BCUT2D eigenvalue weighted by Gasteiger charge is 2.35. The van der Waals surface area contributed by atoms with Gasteiger partial charge in [-0.25, -0.2) is 4.79 Å². The standard InChI is InChI=1S/C19H16N2O5S/c1-2-7-21-17(23)14-6-5-12(9-15(14)18(21)24)19(25)26-11-16(22)20-10-13-4-3-8-27-13/h2-6,8-9H,1,7,10-11H2,(H,20,22). The van der Waals surface area contributed by atoms with Gasteiger partial charge in [-0.2, -0.15) is 0 Å². The molecule has 0 fully saturated rings. The first kappa shape index (κ1) is 18.5. The van der Waals surface area contributed by atoms with Crippen LogP contribution < -0.4 is 5.32 Å². The highest BCUT2D eigenvalue weighted by Crippen LogP contribution is 2.24. The Kier molecular flexibility index (Phi) is 5.46. The molecule has 1 aromatic heterocycles. The zero-order valence-corrected chi connectivity index (χ0v) is 15.1. The fourth-order valence-electron chi connectivity index (χ4n) is 2.58. The monoisotopic (exact) mass is 384 g/mol. The third-order valence-corrected chi connectivity index (χ3v) is 4.77. The number of carbonyl (C=O) groups excluding carboxylic acids is 4. The summed E-state index contributed by atoms with van der Waals surface area (Å²) < 4.78 is 4.98. The van der Waals surface area contributed by atoms with Crippen molar-refractivity contribution in [3.05, 3.63) is 69.9 Å². The molecule has 0 saturated heterocycles. The molecular weight excluding hydrogens is 368 g/mol. The summed E-state index contributed by atoms with van der Waals surface area (Å²) in [7, 11) is 0. The van der Waals surface area contributed by atoms with E-state index in [1.165, 1.54) is 35.6 Å². The van der Waals surface area contributed by atoms with Crippen LogP contribution in [0.5, 0.6) is 0 Å². The molecule has 0 radical (unpaired) electrons. The predicted octanol–water partition coefficient (Wildman–Crippen LogP) is 2.00. The fourth-order valence-corrected chi connectivity index (χ4v) is 3.22. The van der Waals surface area contributed by atoms with Gasteiger partial charge in [0.05, 0.1) is 23.2 Å². The molecule has 3 rings (SSSR count). The van der Waals surface area contributed by atoms with E-state index < -0.39 is 30.3 Å². The Bertz CT molecular complexity index is 920. The quantitative estimate of drug-likeness (QED) is 0.448. The van der Waals surface area contributed by atoms with E-state index in [0.29, 0.717) is 6.54 Å². The van der Waals surface area contributed by atoms with Crippen molar-refractivity contribution in [2.75, 3.05) is 13.2 Å². The van der Waals surface area contributed by atoms with E-state index in [0.717, 1.165) is 9.78 Å². The van der Waals surface area contributed by atoms with Gasteiger partial charge < -0.3 is 10.1 Å². The largest absolute Gasteiger partial charge is 0.452 e. The lowest BCUT2D eigenvalue weighted by molar-refractivity contribution is -0.124. The average molecular weight is 384 g/mol. The maximum Gasteiger partial charge on any atom is 0.338 e. The zero-order chi connectivity index (χ0) is 19.4. The number of fused-ring (bicyclic) bond motifs is 1. The number of nitrogens with zero attached hydrogens (tertiary/aromatic N) is 1. The molecule has 8 heteroatoms. The van der Waals surface area contributed by atoms with Gasteiger partial charge in [-0.3, -0.25) is 19.3 Å². The molecule has 7 nitrogen and oxygen atoms in total. The first-order valence-electron chi connectivity index (χ1n) is 8.08. The number of carbonyl (C=O) groups is 4. The molecule has 27 heavy (non-hydrogen) atoms. The second kappa shape index (κ2) is 7.96. The van der Waals surface area contributed by atoms with Crippen LogP contribution in [0.15, 0.2) is 48.4 Å². The number of rotatable bonds is 7. The minimum Gasteiger partial charge on any atom is -0.452 e. The Morgan fingerprint density at radius 1 is 1.19 bits per heavy atom. The first-order valence-corrected chi connectivity index (χ1v) is 8.96. The summed E-state index contributed by atoms with van der Waals surface area (Å²) in [5.74, 6) is -2.09. The van der Waals surface area contributed by atoms with E-state index in [-0.39, 0.29) is 23.2 Å². The zero-order valence-electron chi connectivity index (χ0n) is 14.3. The fraction of sp³-hybridized carbons (Fsp3) is 0.158. The molecule has 0 bridgehead atoms. The molecule has 1 aliphatic rings. The summed E-state index contributed by atoms with van der Waals surface area (Å²) in [6.07, 6.45) is 1.45. The van der Waals surface area contributed by atoms with Crippen LogP contribution in [0.4, 0.5) is 0 Å². The molecule has 1 aliphatic heterocycles. The molecule has 0 saturated carbocycles. The number of benzene rings is 1. The molecule has 0 aliphatic carbocycles. The number of esters is 1. The lowest BCUT2D eigenvalue weighted by Crippen LogP contribution is -2.29. The SMILES string of the molecule is C=CCN1C(=O)c2ccc(C(=O)OCC(=O)NCc3cccs3)cc2C1=O. The molecule has 2 heterocycles. The Labute approximate surface area is 159 Å². The molecular formula is C19H16N2O5S. The third-order valence-electron chi connectivity index (χ3n) is 3.89. The number of imide groups is 1. The highest BCUT2D eigenvalue weighted by molar-refractivity contribution is 7.09. The van der Waals surface area contributed by atoms with Crippen LogP contribution in [0.25, 0.3) is 0 Å². The lowest BCUT2D eigenvalue weighted by atomic mass is 10.1. The van der Waals surface area contributed by atoms with Crippen LogP contribution in [-0.2, 0) is 16.1 Å². The van der Waals surface area contributed by atoms with E-state index in [2.05, 4.69) is 11.9 Å². The second-order valence-corrected chi connectivity index (χ2v) is 6.73. The molecule has 0 spiro atoms. The van der Waals surface area contributed by atoms with Crippen LogP contribution in [-0.4, -0.2) is 41.7 Å². The first-order chi connectivity index (χ1) is 13.0. The Balaban J connectivity index is 1.60. The van der Waals surface area contributed by atoms with Gasteiger partial charge >= 0.3 is 5.97 Å². The van der Waals surface area contributed by atoms with Crippen LogP contribution in [0.1, 0.15) is 36.0 Å². The molecule has 0 atom stereocenters. The number of thiophene rings is 1. The molecule has 138 valence electrons. The van der Waals surface area contributed by atoms with E-state index in [1.807, 2.05) is 17.5 Å². The minimum atomic E-state index is -0.744. The maximum atomic E-state index is 12.3. The summed E-state index contributed by atoms with van der Waals surface area (Å²) in [5.41, 5.74) is 0.465.